The van der Waals surface area contributed by atoms with Crippen molar-refractivity contribution in [1.29, 1.82) is 0 Å². The number of carbonyl (C=O) groups is 1. The molecule has 0 aromatic rings. The molecule has 1 aliphatic heterocycles. The Kier molecular flexibility index (Phi) is 3.55. The number of carbonyl (C=O) groups excluding carboxylic acids is 1. The predicted octanol–water partition coefficient (Wildman–Crippen LogP) is 2.57. The van der Waals surface area contributed by atoms with Gasteiger partial charge in [-0.1, -0.05) is 20.8 Å². The zero-order valence-electron chi connectivity index (χ0n) is 9.04. The maximum atomic E-state index is 11.4. The van der Waals surface area contributed by atoms with Crippen LogP contribution in [0.3, 0.4) is 0 Å². The van der Waals surface area contributed by atoms with Crippen LogP contribution in [0.5, 0.6) is 0 Å². The van der Waals surface area contributed by atoms with Gasteiger partial charge in [-0.2, -0.15) is 0 Å². The van der Waals surface area contributed by atoms with E-state index in [9.17, 15) is 9.90 Å². The Labute approximate surface area is 84.8 Å². The van der Waals surface area contributed by atoms with Crippen molar-refractivity contribution in [2.24, 2.45) is 5.92 Å². The standard InChI is InChI=1S/C11H18O3/c1-4-9-10(12)6-8(5-7(2)3)14-11(9)13/h7-8,12H,4-6H2,1-3H3. The molecule has 1 heterocycles. The molecule has 0 amide bonds. The van der Waals surface area contributed by atoms with E-state index in [0.29, 0.717) is 24.3 Å². The van der Waals surface area contributed by atoms with Crippen molar-refractivity contribution in [2.75, 3.05) is 0 Å². The zero-order chi connectivity index (χ0) is 10.7. The Morgan fingerprint density at radius 1 is 1.57 bits per heavy atom. The summed E-state index contributed by atoms with van der Waals surface area (Å²) in [5.41, 5.74) is 0.435. The summed E-state index contributed by atoms with van der Waals surface area (Å²) in [5.74, 6) is 0.347. The van der Waals surface area contributed by atoms with E-state index in [1.807, 2.05) is 6.92 Å². The van der Waals surface area contributed by atoms with Gasteiger partial charge in [0.05, 0.1) is 5.57 Å². The van der Waals surface area contributed by atoms with Gasteiger partial charge in [-0.05, 0) is 18.8 Å². The number of aliphatic hydroxyl groups excluding tert-OH is 1. The van der Waals surface area contributed by atoms with Gasteiger partial charge in [0.1, 0.15) is 11.9 Å². The van der Waals surface area contributed by atoms with Crippen molar-refractivity contribution in [3.63, 3.8) is 0 Å². The lowest BCUT2D eigenvalue weighted by molar-refractivity contribution is -0.147. The molecular weight excluding hydrogens is 180 g/mol. The van der Waals surface area contributed by atoms with Crippen LogP contribution in [0.25, 0.3) is 0 Å². The molecule has 14 heavy (non-hydrogen) atoms. The van der Waals surface area contributed by atoms with Crippen molar-refractivity contribution >= 4 is 5.97 Å². The molecule has 1 aliphatic rings. The summed E-state index contributed by atoms with van der Waals surface area (Å²) < 4.78 is 5.21. The lowest BCUT2D eigenvalue weighted by atomic mass is 9.98. The molecule has 0 aromatic carbocycles. The average molecular weight is 198 g/mol. The van der Waals surface area contributed by atoms with E-state index in [2.05, 4.69) is 13.8 Å². The number of aliphatic hydroxyl groups is 1. The van der Waals surface area contributed by atoms with Crippen LogP contribution in [0.1, 0.15) is 40.0 Å². The van der Waals surface area contributed by atoms with Crippen molar-refractivity contribution < 1.29 is 14.6 Å². The van der Waals surface area contributed by atoms with Crippen molar-refractivity contribution in [3.8, 4) is 0 Å². The smallest absolute Gasteiger partial charge is 0.337 e. The van der Waals surface area contributed by atoms with E-state index in [-0.39, 0.29) is 17.8 Å². The fraction of sp³-hybridized carbons (Fsp3) is 0.727. The lowest BCUT2D eigenvalue weighted by Gasteiger charge is -2.25. The fourth-order valence-electron chi connectivity index (χ4n) is 1.73. The van der Waals surface area contributed by atoms with E-state index >= 15 is 0 Å². The molecule has 0 aliphatic carbocycles. The van der Waals surface area contributed by atoms with Gasteiger partial charge in [0.2, 0.25) is 0 Å². The van der Waals surface area contributed by atoms with Gasteiger partial charge >= 0.3 is 5.97 Å². The normalized spacial score (nSPS) is 22.9. The summed E-state index contributed by atoms with van der Waals surface area (Å²) in [4.78, 5) is 11.4. The molecule has 1 N–H and O–H groups in total. The summed E-state index contributed by atoms with van der Waals surface area (Å²) in [5, 5.41) is 9.60. The van der Waals surface area contributed by atoms with Crippen LogP contribution in [0.15, 0.2) is 11.3 Å². The molecule has 80 valence electrons. The number of ether oxygens (including phenoxy) is 1. The summed E-state index contributed by atoms with van der Waals surface area (Å²) >= 11 is 0. The first-order valence-electron chi connectivity index (χ1n) is 5.16. The minimum atomic E-state index is -0.345. The van der Waals surface area contributed by atoms with Crippen LogP contribution in [-0.2, 0) is 9.53 Å². The number of hydrogen-bond acceptors (Lipinski definition) is 3. The summed E-state index contributed by atoms with van der Waals surface area (Å²) in [6.07, 6.45) is 1.69. The highest BCUT2D eigenvalue weighted by Crippen LogP contribution is 2.25. The van der Waals surface area contributed by atoms with Crippen LogP contribution in [0.2, 0.25) is 0 Å². The van der Waals surface area contributed by atoms with Crippen molar-refractivity contribution in [1.82, 2.24) is 0 Å². The third-order valence-electron chi connectivity index (χ3n) is 2.38. The fourth-order valence-corrected chi connectivity index (χ4v) is 1.73. The number of esters is 1. The summed E-state index contributed by atoms with van der Waals surface area (Å²) in [6, 6.07) is 0. The maximum absolute atomic E-state index is 11.4. The SMILES string of the molecule is CCC1=C(O)CC(CC(C)C)OC1=O. The summed E-state index contributed by atoms with van der Waals surface area (Å²) in [7, 11) is 0. The molecule has 1 atom stereocenters. The Bertz CT molecular complexity index is 253. The molecule has 1 unspecified atom stereocenters. The first kappa shape index (κ1) is 11.1. The van der Waals surface area contributed by atoms with Gasteiger partial charge in [-0.15, -0.1) is 0 Å². The van der Waals surface area contributed by atoms with Gasteiger partial charge < -0.3 is 9.84 Å². The van der Waals surface area contributed by atoms with Crippen LogP contribution in [0.4, 0.5) is 0 Å². The third kappa shape index (κ3) is 2.50. The van der Waals surface area contributed by atoms with Crippen molar-refractivity contribution in [2.45, 2.75) is 46.1 Å². The first-order chi connectivity index (χ1) is 6.54. The zero-order valence-corrected chi connectivity index (χ0v) is 9.04. The van der Waals surface area contributed by atoms with Crippen LogP contribution in [-0.4, -0.2) is 17.2 Å². The molecule has 0 bridgehead atoms. The largest absolute Gasteiger partial charge is 0.512 e. The molecule has 0 aromatic heterocycles. The van der Waals surface area contributed by atoms with E-state index in [1.54, 1.807) is 0 Å². The Morgan fingerprint density at radius 2 is 2.21 bits per heavy atom. The highest BCUT2D eigenvalue weighted by Gasteiger charge is 2.27. The predicted molar refractivity (Wildman–Crippen MR) is 53.9 cm³/mol. The number of cyclic esters (lactones) is 1. The lowest BCUT2D eigenvalue weighted by Crippen LogP contribution is -2.27. The Balaban J connectivity index is 2.68. The number of hydrogen-bond donors (Lipinski definition) is 1. The minimum absolute atomic E-state index is 0.141. The van der Waals surface area contributed by atoms with Crippen LogP contribution in [0, 0.1) is 5.92 Å². The van der Waals surface area contributed by atoms with E-state index in [4.69, 9.17) is 4.74 Å². The molecule has 3 nitrogen and oxygen atoms in total. The quantitative estimate of drug-likeness (QED) is 0.709. The van der Waals surface area contributed by atoms with E-state index < -0.39 is 0 Å². The van der Waals surface area contributed by atoms with Gasteiger partial charge in [0, 0.05) is 6.42 Å². The monoisotopic (exact) mass is 198 g/mol. The molecule has 0 fully saturated rings. The van der Waals surface area contributed by atoms with Gasteiger partial charge in [-0.25, -0.2) is 4.79 Å². The second-order valence-electron chi connectivity index (χ2n) is 4.14. The van der Waals surface area contributed by atoms with Gasteiger partial charge in [-0.3, -0.25) is 0 Å². The molecule has 0 saturated carbocycles. The molecule has 3 heteroatoms. The van der Waals surface area contributed by atoms with E-state index in [1.165, 1.54) is 0 Å². The van der Waals surface area contributed by atoms with Gasteiger partial charge in [0.25, 0.3) is 0 Å². The van der Waals surface area contributed by atoms with Crippen LogP contribution < -0.4 is 0 Å². The van der Waals surface area contributed by atoms with Gasteiger partial charge in [0.15, 0.2) is 0 Å². The molecule has 0 radical (unpaired) electrons. The second kappa shape index (κ2) is 4.49. The second-order valence-corrected chi connectivity index (χ2v) is 4.14. The number of rotatable bonds is 3. The topological polar surface area (TPSA) is 46.5 Å². The summed E-state index contributed by atoms with van der Waals surface area (Å²) in [6.45, 7) is 5.99. The molecule has 0 spiro atoms. The molecule has 0 saturated heterocycles. The molecule has 1 rings (SSSR count). The highest BCUT2D eigenvalue weighted by atomic mass is 16.5. The third-order valence-corrected chi connectivity index (χ3v) is 2.38. The Hall–Kier alpha value is -0.990. The molecular formula is C11H18O3. The maximum Gasteiger partial charge on any atom is 0.337 e. The first-order valence-corrected chi connectivity index (χ1v) is 5.16. The van der Waals surface area contributed by atoms with E-state index in [0.717, 1.165) is 6.42 Å². The highest BCUT2D eigenvalue weighted by molar-refractivity contribution is 5.89. The average Bonchev–Trinajstić information content (AvgIpc) is 2.01. The van der Waals surface area contributed by atoms with Crippen molar-refractivity contribution in [3.05, 3.63) is 11.3 Å². The minimum Gasteiger partial charge on any atom is -0.512 e. The Morgan fingerprint density at radius 3 is 2.64 bits per heavy atom. The van der Waals surface area contributed by atoms with Crippen LogP contribution >= 0.6 is 0 Å².